The van der Waals surface area contributed by atoms with E-state index in [1.54, 1.807) is 6.92 Å². The van der Waals surface area contributed by atoms with Gasteiger partial charge < -0.3 is 23.6 Å². The van der Waals surface area contributed by atoms with Crippen LogP contribution < -0.4 is 11.1 Å². The zero-order valence-electron chi connectivity index (χ0n) is 13.7. The van der Waals surface area contributed by atoms with Gasteiger partial charge in [-0.05, 0) is 20.3 Å². The molecule has 1 atom stereocenters. The smallest absolute Gasteiger partial charge is 0.464 e. The highest BCUT2D eigenvalue weighted by atomic mass is 16.6. The number of aryl methyl sites for hydroxylation is 1. The molecule has 0 aliphatic heterocycles. The molecule has 11 heteroatoms. The molecule has 136 valence electrons. The van der Waals surface area contributed by atoms with Gasteiger partial charge in [-0.25, -0.2) is 14.4 Å². The summed E-state index contributed by atoms with van der Waals surface area (Å²) < 4.78 is 18.9. The molecular weight excluding hydrogens is 338 g/mol. The van der Waals surface area contributed by atoms with E-state index < -0.39 is 29.7 Å². The van der Waals surface area contributed by atoms with Gasteiger partial charge in [0, 0.05) is 6.42 Å². The van der Waals surface area contributed by atoms with Crippen molar-refractivity contribution in [1.29, 1.82) is 5.53 Å². The minimum atomic E-state index is -1.12. The topological polar surface area (TPSA) is 163 Å². The first-order valence-electron chi connectivity index (χ1n) is 7.29. The Kier molecular flexibility index (Phi) is 7.80. The third-order valence-corrected chi connectivity index (χ3v) is 2.92. The highest BCUT2D eigenvalue weighted by Gasteiger charge is 2.24. The highest BCUT2D eigenvalue weighted by Crippen LogP contribution is 2.07. The van der Waals surface area contributed by atoms with Crippen LogP contribution in [0.3, 0.4) is 0 Å². The third-order valence-electron chi connectivity index (χ3n) is 2.92. The van der Waals surface area contributed by atoms with Gasteiger partial charge in [-0.15, -0.1) is 0 Å². The predicted molar refractivity (Wildman–Crippen MR) is 79.0 cm³/mol. The Bertz CT molecular complexity index is 729. The van der Waals surface area contributed by atoms with E-state index in [1.165, 1.54) is 6.92 Å². The number of ketones is 1. The fraction of sp³-hybridized carbons (Fsp3) is 0.500. The van der Waals surface area contributed by atoms with Crippen LogP contribution in [0, 0.1) is 12.5 Å². The average Bonchev–Trinajstić information content (AvgIpc) is 2.87. The monoisotopic (exact) mass is 356 g/mol. The second kappa shape index (κ2) is 9.83. The van der Waals surface area contributed by atoms with Crippen LogP contribution in [0.4, 0.5) is 4.79 Å². The van der Waals surface area contributed by atoms with Crippen LogP contribution in [0.1, 0.15) is 31.3 Å². The lowest BCUT2D eigenvalue weighted by molar-refractivity contribution is -0.145. The van der Waals surface area contributed by atoms with Gasteiger partial charge in [0.15, 0.2) is 18.1 Å². The van der Waals surface area contributed by atoms with Crippen LogP contribution in [0.25, 0.3) is 0 Å². The molecule has 0 aromatic carbocycles. The Balaban J connectivity index is 2.62. The standard InChI is InChI=1S/C14H17N3O8/c1-3-22-12(19)10(5-4-9(18)6-16-15)17-13(20)23-7-11-8(2)24-14(21)25-11/h6,10,15H,3-5,7H2,1-2H3/p+1/t10-/m0/s1. The minimum Gasteiger partial charge on any atom is -0.464 e. The summed E-state index contributed by atoms with van der Waals surface area (Å²) >= 11 is 0. The number of amides is 1. The Morgan fingerprint density at radius 3 is 2.60 bits per heavy atom. The Hall–Kier alpha value is -3.20. The van der Waals surface area contributed by atoms with Crippen LogP contribution in [-0.4, -0.2) is 41.5 Å². The molecule has 0 spiro atoms. The van der Waals surface area contributed by atoms with E-state index >= 15 is 0 Å². The summed E-state index contributed by atoms with van der Waals surface area (Å²) in [6, 6.07) is -1.12. The first kappa shape index (κ1) is 19.8. The number of rotatable bonds is 9. The molecule has 0 fully saturated rings. The number of hydrogen-bond acceptors (Lipinski definition) is 9. The maximum Gasteiger partial charge on any atom is 0.519 e. The van der Waals surface area contributed by atoms with Crippen LogP contribution in [0.15, 0.2) is 13.6 Å². The third kappa shape index (κ3) is 6.83. The number of ether oxygens (including phenoxy) is 2. The summed E-state index contributed by atoms with van der Waals surface area (Å²) in [5.41, 5.74) is 6.57. The number of alkyl carbamates (subject to hydrolysis) is 1. The second-order valence-electron chi connectivity index (χ2n) is 4.72. The minimum absolute atomic E-state index is 0.0367. The molecular formula is C14H18N3O8+. The first-order valence-corrected chi connectivity index (χ1v) is 7.29. The lowest BCUT2D eigenvalue weighted by Gasteiger charge is -2.16. The van der Waals surface area contributed by atoms with Crippen molar-refractivity contribution in [1.82, 2.24) is 5.32 Å². The molecule has 1 aromatic rings. The molecule has 0 saturated heterocycles. The normalized spacial score (nSPS) is 11.1. The van der Waals surface area contributed by atoms with Crippen molar-refractivity contribution in [3.8, 4) is 0 Å². The Morgan fingerprint density at radius 2 is 2.04 bits per heavy atom. The SMILES string of the molecule is CCOC(=O)[C@H](CCC(=O)C=[N+]=N)NC(=O)OCc1oc(=O)oc1C. The summed E-state index contributed by atoms with van der Waals surface area (Å²) in [5, 5.41) is 2.27. The summed E-state index contributed by atoms with van der Waals surface area (Å²) in [7, 11) is 0. The van der Waals surface area contributed by atoms with Gasteiger partial charge in [-0.2, -0.15) is 0 Å². The van der Waals surface area contributed by atoms with Crippen LogP contribution in [-0.2, 0) is 25.7 Å². The fourth-order valence-corrected chi connectivity index (χ4v) is 1.74. The van der Waals surface area contributed by atoms with E-state index in [0.717, 1.165) is 6.21 Å². The Labute approximate surface area is 141 Å². The number of nitrogens with zero attached hydrogens (tertiary/aromatic N) is 1. The molecule has 1 amide bonds. The lowest BCUT2D eigenvalue weighted by atomic mass is 10.1. The molecule has 0 aliphatic carbocycles. The van der Waals surface area contributed by atoms with Gasteiger partial charge >= 0.3 is 24.1 Å². The van der Waals surface area contributed by atoms with Crippen molar-refractivity contribution in [3.63, 3.8) is 0 Å². The largest absolute Gasteiger partial charge is 0.519 e. The van der Waals surface area contributed by atoms with E-state index in [4.69, 9.17) is 15.0 Å². The molecule has 0 radical (unpaired) electrons. The number of Topliss-reactive ketones (excluding diaryl/α,β-unsaturated/α-hetero) is 1. The quantitative estimate of drug-likeness (QED) is 0.277. The van der Waals surface area contributed by atoms with E-state index in [2.05, 4.69) is 18.9 Å². The van der Waals surface area contributed by atoms with E-state index in [-0.39, 0.29) is 37.6 Å². The summed E-state index contributed by atoms with van der Waals surface area (Å²) in [6.07, 6.45) is -0.354. The molecule has 1 aromatic heterocycles. The molecule has 0 bridgehead atoms. The zero-order valence-corrected chi connectivity index (χ0v) is 13.7. The van der Waals surface area contributed by atoms with Crippen LogP contribution in [0.5, 0.6) is 0 Å². The van der Waals surface area contributed by atoms with Crippen LogP contribution >= 0.6 is 0 Å². The summed E-state index contributed by atoms with van der Waals surface area (Å²) in [4.78, 5) is 48.7. The Morgan fingerprint density at radius 1 is 1.32 bits per heavy atom. The van der Waals surface area contributed by atoms with Gasteiger partial charge in [-0.3, -0.25) is 4.79 Å². The zero-order chi connectivity index (χ0) is 18.8. The van der Waals surface area contributed by atoms with Crippen molar-refractivity contribution in [3.05, 3.63) is 22.1 Å². The number of nitrogens with one attached hydrogen (secondary N) is 2. The van der Waals surface area contributed by atoms with Gasteiger partial charge in [0.1, 0.15) is 6.04 Å². The number of esters is 1. The molecule has 0 unspecified atom stereocenters. The number of hydrogen-bond donors (Lipinski definition) is 2. The van der Waals surface area contributed by atoms with Crippen LogP contribution in [0.2, 0.25) is 0 Å². The summed E-state index contributed by atoms with van der Waals surface area (Å²) in [6.45, 7) is 2.77. The predicted octanol–water partition coefficient (Wildman–Crippen LogP) is 0.358. The number of carbonyl (C=O) groups excluding carboxylic acids is 3. The first-order chi connectivity index (χ1) is 11.9. The number of carbonyl (C=O) groups is 3. The molecule has 2 N–H and O–H groups in total. The van der Waals surface area contributed by atoms with Gasteiger partial charge in [0.25, 0.3) is 0 Å². The van der Waals surface area contributed by atoms with Crippen molar-refractivity contribution in [2.24, 2.45) is 0 Å². The maximum atomic E-state index is 11.8. The lowest BCUT2D eigenvalue weighted by Crippen LogP contribution is -2.42. The molecule has 1 rings (SSSR count). The average molecular weight is 356 g/mol. The molecule has 1 heterocycles. The van der Waals surface area contributed by atoms with E-state index in [9.17, 15) is 19.2 Å². The molecule has 0 saturated carbocycles. The van der Waals surface area contributed by atoms with Crippen molar-refractivity contribution in [2.75, 3.05) is 6.61 Å². The molecule has 25 heavy (non-hydrogen) atoms. The van der Waals surface area contributed by atoms with Crippen molar-refractivity contribution < 1.29 is 37.5 Å². The van der Waals surface area contributed by atoms with Gasteiger partial charge in [0.05, 0.1) is 16.9 Å². The van der Waals surface area contributed by atoms with Gasteiger partial charge in [-0.1, -0.05) is 0 Å². The molecule has 0 aliphatic rings. The second-order valence-corrected chi connectivity index (χ2v) is 4.72. The summed E-state index contributed by atoms with van der Waals surface area (Å²) in [5.74, 6) is -1.93. The van der Waals surface area contributed by atoms with E-state index in [0.29, 0.717) is 0 Å². The molecule has 11 nitrogen and oxygen atoms in total. The van der Waals surface area contributed by atoms with Crippen molar-refractivity contribution >= 4 is 24.1 Å². The fourth-order valence-electron chi connectivity index (χ4n) is 1.74. The highest BCUT2D eigenvalue weighted by molar-refractivity contribution is 6.25. The maximum absolute atomic E-state index is 11.8. The van der Waals surface area contributed by atoms with Gasteiger partial charge in [0.2, 0.25) is 5.78 Å². The van der Waals surface area contributed by atoms with E-state index in [1.807, 2.05) is 0 Å². The van der Waals surface area contributed by atoms with Crippen molar-refractivity contribution in [2.45, 2.75) is 39.3 Å².